The van der Waals surface area contributed by atoms with Crippen LogP contribution in [0.25, 0.3) is 39.2 Å². The summed E-state index contributed by atoms with van der Waals surface area (Å²) in [5, 5.41) is 12.6. The number of rotatable bonds is 10. The Hall–Kier alpha value is -5.68. The minimum atomic E-state index is -0.725. The molecule has 11 heteroatoms. The minimum Gasteiger partial charge on any atom is -0.497 e. The van der Waals surface area contributed by atoms with E-state index in [0.29, 0.717) is 39.9 Å². The van der Waals surface area contributed by atoms with E-state index in [1.165, 1.54) is 9.20 Å². The van der Waals surface area contributed by atoms with Gasteiger partial charge in [-0.3, -0.25) is 9.59 Å². The first kappa shape index (κ1) is 29.4. The Morgan fingerprint density at radius 2 is 1.53 bits per heavy atom. The summed E-state index contributed by atoms with van der Waals surface area (Å²) >= 11 is 0. The zero-order valence-electron chi connectivity index (χ0n) is 25.1. The van der Waals surface area contributed by atoms with Gasteiger partial charge in [0.2, 0.25) is 0 Å². The fourth-order valence-electron chi connectivity index (χ4n) is 5.00. The fourth-order valence-corrected chi connectivity index (χ4v) is 5.00. The topological polar surface area (TPSA) is 142 Å². The third-order valence-electron chi connectivity index (χ3n) is 7.50. The molecule has 0 spiro atoms. The van der Waals surface area contributed by atoms with Crippen LogP contribution < -0.4 is 21.3 Å². The second-order valence-electron chi connectivity index (χ2n) is 10.9. The summed E-state index contributed by atoms with van der Waals surface area (Å²) in [6.45, 7) is 3.60. The molecule has 4 N–H and O–H groups in total. The van der Waals surface area contributed by atoms with E-state index < -0.39 is 12.0 Å². The van der Waals surface area contributed by atoms with Crippen molar-refractivity contribution in [2.45, 2.75) is 26.6 Å². The van der Waals surface area contributed by atoms with E-state index in [-0.39, 0.29) is 18.2 Å². The van der Waals surface area contributed by atoms with Crippen molar-refractivity contribution in [1.82, 2.24) is 24.4 Å². The van der Waals surface area contributed by atoms with Crippen molar-refractivity contribution in [2.24, 2.45) is 11.7 Å². The van der Waals surface area contributed by atoms with Gasteiger partial charge in [-0.05, 0) is 29.2 Å². The van der Waals surface area contributed by atoms with Gasteiger partial charge in [0.05, 0.1) is 18.2 Å². The van der Waals surface area contributed by atoms with Gasteiger partial charge in [0, 0.05) is 17.8 Å². The number of methoxy groups -OCH3 is 1. The van der Waals surface area contributed by atoms with Crippen molar-refractivity contribution in [3.63, 3.8) is 0 Å². The van der Waals surface area contributed by atoms with Crippen LogP contribution in [0.3, 0.4) is 0 Å². The average Bonchev–Trinajstić information content (AvgIpc) is 3.69. The van der Waals surface area contributed by atoms with E-state index in [9.17, 15) is 9.59 Å². The molecule has 0 fully saturated rings. The molecule has 228 valence electrons. The zero-order valence-corrected chi connectivity index (χ0v) is 25.1. The van der Waals surface area contributed by atoms with Gasteiger partial charge in [-0.15, -0.1) is 0 Å². The number of benzene rings is 3. The molecule has 0 saturated heterocycles. The Kier molecular flexibility index (Phi) is 8.17. The molecule has 3 aromatic heterocycles. The molecule has 0 aliphatic rings. The van der Waals surface area contributed by atoms with Crippen molar-refractivity contribution in [3.05, 3.63) is 108 Å². The second-order valence-corrected chi connectivity index (χ2v) is 10.9. The number of aromatic amines is 1. The number of fused-ring (bicyclic) bond motifs is 1. The van der Waals surface area contributed by atoms with E-state index in [4.69, 9.17) is 20.3 Å². The SMILES string of the molecule is COc1ccc(-c2c(Nc3ccn(COC(=O)[C@@H](N)C(C)C)n3)[nH]c3c(-c4ccccc4)c(-c4ccccc4)nn3c2=O)cc1. The number of H-pyrrole nitrogens is 1. The minimum absolute atomic E-state index is 0.0535. The molecule has 1 atom stereocenters. The van der Waals surface area contributed by atoms with Gasteiger partial charge in [-0.1, -0.05) is 86.6 Å². The number of esters is 1. The van der Waals surface area contributed by atoms with Gasteiger partial charge in [0.1, 0.15) is 29.0 Å². The molecule has 0 aliphatic heterocycles. The second kappa shape index (κ2) is 12.5. The van der Waals surface area contributed by atoms with Gasteiger partial charge in [-0.2, -0.15) is 14.7 Å². The Morgan fingerprint density at radius 3 is 2.18 bits per heavy atom. The molecule has 0 aliphatic carbocycles. The molecule has 6 aromatic rings. The van der Waals surface area contributed by atoms with Crippen LogP contribution >= 0.6 is 0 Å². The summed E-state index contributed by atoms with van der Waals surface area (Å²) in [6, 6.07) is 27.8. The van der Waals surface area contributed by atoms with Gasteiger partial charge in [-0.25, -0.2) is 4.68 Å². The number of carbonyl (C=O) groups excluding carboxylic acids is 1. The highest BCUT2D eigenvalue weighted by molar-refractivity contribution is 5.92. The maximum Gasteiger partial charge on any atom is 0.324 e. The summed E-state index contributed by atoms with van der Waals surface area (Å²) < 4.78 is 13.6. The number of nitrogens with one attached hydrogen (secondary N) is 2. The average molecular weight is 604 g/mol. The number of hydrogen-bond acceptors (Lipinski definition) is 8. The Morgan fingerprint density at radius 1 is 0.889 bits per heavy atom. The van der Waals surface area contributed by atoms with Crippen molar-refractivity contribution < 1.29 is 14.3 Å². The van der Waals surface area contributed by atoms with Crippen molar-refractivity contribution in [3.8, 4) is 39.3 Å². The van der Waals surface area contributed by atoms with Gasteiger partial charge >= 0.3 is 5.97 Å². The first-order valence-electron chi connectivity index (χ1n) is 14.5. The Labute approximate surface area is 259 Å². The molecular weight excluding hydrogens is 570 g/mol. The van der Waals surface area contributed by atoms with Crippen LogP contribution in [-0.2, 0) is 16.3 Å². The molecule has 45 heavy (non-hydrogen) atoms. The van der Waals surface area contributed by atoms with E-state index in [2.05, 4.69) is 15.4 Å². The highest BCUT2D eigenvalue weighted by Crippen LogP contribution is 2.36. The molecule has 0 unspecified atom stereocenters. The van der Waals surface area contributed by atoms with E-state index in [1.54, 1.807) is 31.5 Å². The molecule has 0 amide bonds. The largest absolute Gasteiger partial charge is 0.497 e. The van der Waals surface area contributed by atoms with Gasteiger partial charge in [0.15, 0.2) is 12.5 Å². The maximum absolute atomic E-state index is 14.3. The zero-order chi connectivity index (χ0) is 31.5. The number of aromatic nitrogens is 5. The predicted octanol–water partition coefficient (Wildman–Crippen LogP) is 5.46. The number of anilines is 2. The standard InChI is InChI=1S/C34H33N7O4/c1-21(2)29(35)34(43)45-20-40-19-18-26(38-40)36-31-28(23-14-16-25(44-3)17-15-23)33(42)41-32(37-31)27(22-10-6-4-7-11-22)30(39-41)24-12-8-5-9-13-24/h4-19,21,29,37H,20,35H2,1-3H3,(H,36,38)/t29-/m0/s1. The highest BCUT2D eigenvalue weighted by Gasteiger charge is 2.23. The number of ether oxygens (including phenoxy) is 2. The monoisotopic (exact) mass is 603 g/mol. The van der Waals surface area contributed by atoms with Crippen molar-refractivity contribution in [1.29, 1.82) is 0 Å². The summed E-state index contributed by atoms with van der Waals surface area (Å²) in [6.07, 6.45) is 1.67. The van der Waals surface area contributed by atoms with Crippen molar-refractivity contribution in [2.75, 3.05) is 12.4 Å². The highest BCUT2D eigenvalue weighted by atomic mass is 16.5. The van der Waals surface area contributed by atoms with Crippen molar-refractivity contribution >= 4 is 23.3 Å². The van der Waals surface area contributed by atoms with Crippen LogP contribution in [-0.4, -0.2) is 43.5 Å². The number of nitrogens with zero attached hydrogens (tertiary/aromatic N) is 4. The van der Waals surface area contributed by atoms with E-state index >= 15 is 0 Å². The van der Waals surface area contributed by atoms with Gasteiger partial charge in [0.25, 0.3) is 5.56 Å². The molecule has 3 heterocycles. The summed E-state index contributed by atoms with van der Waals surface area (Å²) in [7, 11) is 1.59. The van der Waals surface area contributed by atoms with Crippen LogP contribution in [0.15, 0.2) is 102 Å². The summed E-state index contributed by atoms with van der Waals surface area (Å²) in [5.74, 6) is 0.946. The number of carbonyl (C=O) groups is 1. The first-order valence-corrected chi connectivity index (χ1v) is 14.5. The molecule has 6 rings (SSSR count). The summed E-state index contributed by atoms with van der Waals surface area (Å²) in [5.41, 5.74) is 10.3. The third-order valence-corrected chi connectivity index (χ3v) is 7.50. The summed E-state index contributed by atoms with van der Waals surface area (Å²) in [4.78, 5) is 30.1. The van der Waals surface area contributed by atoms with Crippen LogP contribution in [0.2, 0.25) is 0 Å². The molecule has 11 nitrogen and oxygen atoms in total. The molecule has 0 bridgehead atoms. The Bertz CT molecular complexity index is 2000. The lowest BCUT2D eigenvalue weighted by Crippen LogP contribution is -2.37. The fraction of sp³-hybridized carbons (Fsp3) is 0.176. The lowest BCUT2D eigenvalue weighted by atomic mass is 10.0. The van der Waals surface area contributed by atoms with Crippen LogP contribution in [0.1, 0.15) is 13.8 Å². The van der Waals surface area contributed by atoms with Gasteiger partial charge < -0.3 is 25.5 Å². The van der Waals surface area contributed by atoms with E-state index in [1.807, 2.05) is 86.6 Å². The predicted molar refractivity (Wildman–Crippen MR) is 173 cm³/mol. The van der Waals surface area contributed by atoms with Crippen LogP contribution in [0, 0.1) is 5.92 Å². The molecule has 0 radical (unpaired) electrons. The van der Waals surface area contributed by atoms with Crippen LogP contribution in [0.5, 0.6) is 5.75 Å². The molecular formula is C34H33N7O4. The number of nitrogens with two attached hydrogens (primary N) is 1. The molecule has 3 aromatic carbocycles. The van der Waals surface area contributed by atoms with E-state index in [0.717, 1.165) is 16.7 Å². The molecule has 0 saturated carbocycles. The first-order chi connectivity index (χ1) is 21.8. The third kappa shape index (κ3) is 5.93. The quantitative estimate of drug-likeness (QED) is 0.175. The number of hydrogen-bond donors (Lipinski definition) is 3. The lowest BCUT2D eigenvalue weighted by molar-refractivity contribution is -0.150. The van der Waals surface area contributed by atoms with Crippen LogP contribution in [0.4, 0.5) is 11.6 Å². The smallest absolute Gasteiger partial charge is 0.324 e. The Balaban J connectivity index is 1.48. The normalized spacial score (nSPS) is 11.9. The maximum atomic E-state index is 14.3. The lowest BCUT2D eigenvalue weighted by Gasteiger charge is -2.14.